The third-order valence-electron chi connectivity index (χ3n) is 5.27. The van der Waals surface area contributed by atoms with E-state index < -0.39 is 11.7 Å². The number of hydrogen-bond acceptors (Lipinski definition) is 6. The average Bonchev–Trinajstić information content (AvgIpc) is 2.84. The number of aryl methyl sites for hydroxylation is 1. The summed E-state index contributed by atoms with van der Waals surface area (Å²) in [6.45, 7) is 7.25. The molecule has 3 aromatic carbocycles. The number of methoxy groups -OCH3 is 3. The molecule has 0 aliphatic rings. The summed E-state index contributed by atoms with van der Waals surface area (Å²) < 4.78 is 22.0. The van der Waals surface area contributed by atoms with Crippen LogP contribution in [0.15, 0.2) is 54.6 Å². The van der Waals surface area contributed by atoms with Gasteiger partial charge in [-0.15, -0.1) is 0 Å². The van der Waals surface area contributed by atoms with Gasteiger partial charge in [-0.1, -0.05) is 18.2 Å². The molecular formula is C28H32N2O6. The lowest BCUT2D eigenvalue weighted by molar-refractivity contribution is 0.0635. The maximum atomic E-state index is 13.0. The number of nitrogens with one attached hydrogen (secondary N) is 2. The first kappa shape index (κ1) is 26.4. The Kier molecular flexibility index (Phi) is 8.09. The van der Waals surface area contributed by atoms with Crippen LogP contribution in [0.3, 0.4) is 0 Å². The van der Waals surface area contributed by atoms with Crippen LogP contribution in [0.2, 0.25) is 0 Å². The summed E-state index contributed by atoms with van der Waals surface area (Å²) in [7, 11) is 4.61. The minimum atomic E-state index is -0.683. The van der Waals surface area contributed by atoms with Crippen molar-refractivity contribution in [2.75, 3.05) is 32.0 Å². The number of carbonyl (C=O) groups excluding carboxylic acids is 2. The van der Waals surface area contributed by atoms with Crippen LogP contribution in [-0.4, -0.2) is 38.9 Å². The molecule has 0 atom stereocenters. The van der Waals surface area contributed by atoms with Crippen LogP contribution in [0.4, 0.5) is 16.2 Å². The first-order valence-corrected chi connectivity index (χ1v) is 11.4. The second kappa shape index (κ2) is 11.0. The number of carbonyl (C=O) groups is 2. The third kappa shape index (κ3) is 6.27. The zero-order valence-corrected chi connectivity index (χ0v) is 21.6. The fourth-order valence-electron chi connectivity index (χ4n) is 3.64. The maximum absolute atomic E-state index is 13.0. The topological polar surface area (TPSA) is 95.1 Å². The highest BCUT2D eigenvalue weighted by molar-refractivity contribution is 6.07. The smallest absolute Gasteiger partial charge is 0.412 e. The van der Waals surface area contributed by atoms with Gasteiger partial charge in [0, 0.05) is 28.8 Å². The van der Waals surface area contributed by atoms with Gasteiger partial charge in [0.15, 0.2) is 11.5 Å². The van der Waals surface area contributed by atoms with E-state index in [9.17, 15) is 9.59 Å². The van der Waals surface area contributed by atoms with E-state index in [1.165, 1.54) is 14.2 Å². The standard InChI is InChI=1S/C28H32N2O6/c1-17-13-19(22(15-23(17)33-5)30-27(32)36-28(2,3)4)20-14-24(34-6)25(35-7)16-21(20)29-26(31)18-11-9-8-10-12-18/h8-16H,1-7H3,(H,29,31)(H,30,32). The molecule has 0 unspecified atom stereocenters. The molecule has 0 saturated carbocycles. The second-order valence-electron chi connectivity index (χ2n) is 9.07. The molecule has 36 heavy (non-hydrogen) atoms. The van der Waals surface area contributed by atoms with Gasteiger partial charge in [-0.3, -0.25) is 10.1 Å². The number of ether oxygens (including phenoxy) is 4. The van der Waals surface area contributed by atoms with E-state index in [1.807, 2.05) is 19.1 Å². The molecular weight excluding hydrogens is 460 g/mol. The van der Waals surface area contributed by atoms with Crippen molar-refractivity contribution < 1.29 is 28.5 Å². The summed E-state index contributed by atoms with van der Waals surface area (Å²) in [6, 6.07) is 15.9. The van der Waals surface area contributed by atoms with Crippen molar-refractivity contribution in [1.29, 1.82) is 0 Å². The molecule has 2 N–H and O–H groups in total. The van der Waals surface area contributed by atoms with Gasteiger partial charge in [0.25, 0.3) is 5.91 Å². The monoisotopic (exact) mass is 492 g/mol. The van der Waals surface area contributed by atoms with Crippen LogP contribution in [0.25, 0.3) is 11.1 Å². The highest BCUT2D eigenvalue weighted by Gasteiger charge is 2.22. The normalized spacial score (nSPS) is 10.9. The summed E-state index contributed by atoms with van der Waals surface area (Å²) >= 11 is 0. The largest absolute Gasteiger partial charge is 0.496 e. The van der Waals surface area contributed by atoms with E-state index in [-0.39, 0.29) is 5.91 Å². The van der Waals surface area contributed by atoms with Gasteiger partial charge in [-0.2, -0.15) is 0 Å². The Bertz CT molecular complexity index is 1250. The highest BCUT2D eigenvalue weighted by atomic mass is 16.6. The summed E-state index contributed by atoms with van der Waals surface area (Å²) in [5.41, 5.74) is 2.79. The van der Waals surface area contributed by atoms with Crippen LogP contribution >= 0.6 is 0 Å². The predicted molar refractivity (Wildman–Crippen MR) is 141 cm³/mol. The molecule has 0 saturated heterocycles. The van der Waals surface area contributed by atoms with Crippen molar-refractivity contribution in [3.8, 4) is 28.4 Å². The molecule has 0 bridgehead atoms. The maximum Gasteiger partial charge on any atom is 0.412 e. The molecule has 2 amide bonds. The van der Waals surface area contributed by atoms with Gasteiger partial charge in [0.1, 0.15) is 11.4 Å². The van der Waals surface area contributed by atoms with Gasteiger partial charge < -0.3 is 24.3 Å². The van der Waals surface area contributed by atoms with Gasteiger partial charge >= 0.3 is 6.09 Å². The molecule has 3 rings (SSSR count). The van der Waals surface area contributed by atoms with E-state index in [0.29, 0.717) is 45.3 Å². The van der Waals surface area contributed by atoms with Crippen molar-refractivity contribution in [3.63, 3.8) is 0 Å². The number of amides is 2. The van der Waals surface area contributed by atoms with Gasteiger partial charge in [0.05, 0.1) is 32.7 Å². The quantitative estimate of drug-likeness (QED) is 0.403. The summed E-state index contributed by atoms with van der Waals surface area (Å²) in [5, 5.41) is 5.79. The van der Waals surface area contributed by atoms with Crippen molar-refractivity contribution in [3.05, 3.63) is 65.7 Å². The zero-order valence-electron chi connectivity index (χ0n) is 21.6. The third-order valence-corrected chi connectivity index (χ3v) is 5.27. The molecule has 190 valence electrons. The van der Waals surface area contributed by atoms with Crippen LogP contribution in [0, 0.1) is 6.92 Å². The van der Waals surface area contributed by atoms with E-state index in [4.69, 9.17) is 18.9 Å². The Morgan fingerprint density at radius 1 is 0.722 bits per heavy atom. The lowest BCUT2D eigenvalue weighted by atomic mass is 9.97. The number of anilines is 2. The Morgan fingerprint density at radius 3 is 1.83 bits per heavy atom. The fourth-order valence-corrected chi connectivity index (χ4v) is 3.64. The molecule has 0 aromatic heterocycles. The molecule has 0 fully saturated rings. The fraction of sp³-hybridized carbons (Fsp3) is 0.286. The molecule has 8 nitrogen and oxygen atoms in total. The van der Waals surface area contributed by atoms with Crippen molar-refractivity contribution in [1.82, 2.24) is 0 Å². The Morgan fingerprint density at radius 2 is 1.25 bits per heavy atom. The van der Waals surface area contributed by atoms with Crippen molar-refractivity contribution in [2.24, 2.45) is 0 Å². The summed E-state index contributed by atoms with van der Waals surface area (Å²) in [4.78, 5) is 25.7. The Hall–Kier alpha value is -4.20. The molecule has 0 aliphatic heterocycles. The number of rotatable bonds is 7. The van der Waals surface area contributed by atoms with Crippen molar-refractivity contribution >= 4 is 23.4 Å². The molecule has 0 radical (unpaired) electrons. The van der Waals surface area contributed by atoms with Crippen LogP contribution < -0.4 is 24.8 Å². The minimum absolute atomic E-state index is 0.295. The van der Waals surface area contributed by atoms with Crippen LogP contribution in [-0.2, 0) is 4.74 Å². The molecule has 3 aromatic rings. The predicted octanol–water partition coefficient (Wildman–Crippen LogP) is 6.29. The Balaban J connectivity index is 2.18. The second-order valence-corrected chi connectivity index (χ2v) is 9.07. The lowest BCUT2D eigenvalue weighted by Gasteiger charge is -2.22. The lowest BCUT2D eigenvalue weighted by Crippen LogP contribution is -2.27. The van der Waals surface area contributed by atoms with Crippen LogP contribution in [0.5, 0.6) is 17.2 Å². The van der Waals surface area contributed by atoms with Gasteiger partial charge in [-0.25, -0.2) is 4.79 Å². The average molecular weight is 493 g/mol. The first-order valence-electron chi connectivity index (χ1n) is 11.4. The van der Waals surface area contributed by atoms with E-state index in [2.05, 4.69) is 10.6 Å². The highest BCUT2D eigenvalue weighted by Crippen LogP contribution is 2.43. The van der Waals surface area contributed by atoms with Crippen molar-refractivity contribution in [2.45, 2.75) is 33.3 Å². The summed E-state index contributed by atoms with van der Waals surface area (Å²) in [5.74, 6) is 1.19. The first-order chi connectivity index (χ1) is 17.1. The Labute approximate surface area is 211 Å². The number of hydrogen-bond donors (Lipinski definition) is 2. The van der Waals surface area contributed by atoms with Crippen LogP contribution in [0.1, 0.15) is 36.7 Å². The molecule has 0 spiro atoms. The molecule has 0 heterocycles. The minimum Gasteiger partial charge on any atom is -0.496 e. The van der Waals surface area contributed by atoms with E-state index >= 15 is 0 Å². The number of benzene rings is 3. The van der Waals surface area contributed by atoms with Gasteiger partial charge in [0.2, 0.25) is 0 Å². The van der Waals surface area contributed by atoms with Gasteiger partial charge in [-0.05, 0) is 57.5 Å². The summed E-state index contributed by atoms with van der Waals surface area (Å²) in [6.07, 6.45) is -0.620. The molecule has 8 heteroatoms. The van der Waals surface area contributed by atoms with E-state index in [0.717, 1.165) is 5.56 Å². The SMILES string of the molecule is COc1cc(NC(=O)OC(C)(C)C)c(-c2cc(OC)c(OC)cc2NC(=O)c2ccccc2)cc1C. The van der Waals surface area contributed by atoms with E-state index in [1.54, 1.807) is 70.3 Å². The molecule has 0 aliphatic carbocycles. The zero-order chi connectivity index (χ0) is 26.5.